The van der Waals surface area contributed by atoms with Gasteiger partial charge in [0.25, 0.3) is 0 Å². The lowest BCUT2D eigenvalue weighted by atomic mass is 10.0. The highest BCUT2D eigenvalue weighted by molar-refractivity contribution is 5.83. The number of hydrogen-bond donors (Lipinski definition) is 1. The summed E-state index contributed by atoms with van der Waals surface area (Å²) in [5.74, 6) is 2.09. The van der Waals surface area contributed by atoms with Gasteiger partial charge in [0.2, 0.25) is 5.91 Å². The molecule has 1 aliphatic heterocycles. The van der Waals surface area contributed by atoms with Gasteiger partial charge in [0.15, 0.2) is 0 Å². The molecular weight excluding hydrogens is 326 g/mol. The van der Waals surface area contributed by atoms with Crippen molar-refractivity contribution in [3.8, 4) is 0 Å². The second-order valence-corrected chi connectivity index (χ2v) is 6.83. The maximum absolute atomic E-state index is 13.1. The average molecular weight is 355 g/mol. The summed E-state index contributed by atoms with van der Waals surface area (Å²) in [4.78, 5) is 15.0. The van der Waals surface area contributed by atoms with Gasteiger partial charge in [0.05, 0.1) is 6.04 Å². The molecule has 0 fully saturated rings. The third kappa shape index (κ3) is 3.80. The van der Waals surface area contributed by atoms with Crippen molar-refractivity contribution in [2.75, 3.05) is 13.1 Å². The number of likely N-dealkylation sites (N-methyl/N-ethyl adjacent to an activating group) is 1. The smallest absolute Gasteiger partial charge is 0.244 e. The van der Waals surface area contributed by atoms with Crippen LogP contribution in [0.25, 0.3) is 0 Å². The fraction of sp³-hybridized carbons (Fsp3) is 0.550. The summed E-state index contributed by atoms with van der Waals surface area (Å²) in [7, 11) is 0. The molecule has 6 nitrogen and oxygen atoms in total. The van der Waals surface area contributed by atoms with Gasteiger partial charge in [-0.2, -0.15) is 0 Å². The summed E-state index contributed by atoms with van der Waals surface area (Å²) in [5.41, 5.74) is 0.981. The van der Waals surface area contributed by atoms with Crippen molar-refractivity contribution in [2.45, 2.75) is 58.7 Å². The van der Waals surface area contributed by atoms with Gasteiger partial charge in [-0.1, -0.05) is 30.3 Å². The summed E-state index contributed by atoms with van der Waals surface area (Å²) >= 11 is 0. The zero-order valence-electron chi connectivity index (χ0n) is 16.0. The number of aromatic nitrogens is 3. The molecule has 0 spiro atoms. The van der Waals surface area contributed by atoms with Crippen molar-refractivity contribution in [3.05, 3.63) is 47.5 Å². The van der Waals surface area contributed by atoms with Gasteiger partial charge in [-0.25, -0.2) is 0 Å². The predicted octanol–water partition coefficient (Wildman–Crippen LogP) is 2.87. The Hall–Kier alpha value is -2.21. The van der Waals surface area contributed by atoms with E-state index in [4.69, 9.17) is 0 Å². The minimum absolute atomic E-state index is 0.0564. The second-order valence-electron chi connectivity index (χ2n) is 6.83. The maximum Gasteiger partial charge on any atom is 0.244 e. The molecule has 26 heavy (non-hydrogen) atoms. The SMILES string of the molecule is CCN(CC)C(=O)C(NC(C)c1nnc2n1CCCC2)c1ccccc1. The Morgan fingerprint density at radius 1 is 1.19 bits per heavy atom. The van der Waals surface area contributed by atoms with Crippen LogP contribution in [0.4, 0.5) is 0 Å². The Kier molecular flexibility index (Phi) is 6.04. The molecule has 2 aromatic rings. The minimum atomic E-state index is -0.386. The number of carbonyl (C=O) groups is 1. The van der Waals surface area contributed by atoms with Gasteiger partial charge in [-0.3, -0.25) is 10.1 Å². The lowest BCUT2D eigenvalue weighted by Gasteiger charge is -2.28. The van der Waals surface area contributed by atoms with Crippen LogP contribution in [0.15, 0.2) is 30.3 Å². The fourth-order valence-electron chi connectivity index (χ4n) is 3.65. The number of benzene rings is 1. The molecule has 0 bridgehead atoms. The number of hydrogen-bond acceptors (Lipinski definition) is 4. The molecule has 0 saturated carbocycles. The largest absolute Gasteiger partial charge is 0.342 e. The highest BCUT2D eigenvalue weighted by atomic mass is 16.2. The first-order valence-electron chi connectivity index (χ1n) is 9.67. The summed E-state index contributed by atoms with van der Waals surface area (Å²) in [5, 5.41) is 12.3. The van der Waals surface area contributed by atoms with E-state index < -0.39 is 0 Å². The van der Waals surface area contributed by atoms with Crippen LogP contribution < -0.4 is 5.32 Å². The van der Waals surface area contributed by atoms with Crippen LogP contribution in [0.2, 0.25) is 0 Å². The quantitative estimate of drug-likeness (QED) is 0.829. The van der Waals surface area contributed by atoms with Gasteiger partial charge in [0, 0.05) is 26.1 Å². The molecule has 1 aromatic heterocycles. The number of nitrogens with one attached hydrogen (secondary N) is 1. The Morgan fingerprint density at radius 3 is 2.62 bits per heavy atom. The first kappa shape index (κ1) is 18.6. The molecule has 2 atom stereocenters. The number of carbonyl (C=O) groups excluding carboxylic acids is 1. The highest BCUT2D eigenvalue weighted by Gasteiger charge is 2.28. The van der Waals surface area contributed by atoms with E-state index in [1.807, 2.05) is 49.1 Å². The van der Waals surface area contributed by atoms with Crippen LogP contribution in [0.5, 0.6) is 0 Å². The summed E-state index contributed by atoms with van der Waals surface area (Å²) < 4.78 is 2.21. The van der Waals surface area contributed by atoms with E-state index in [0.29, 0.717) is 13.1 Å². The van der Waals surface area contributed by atoms with E-state index in [0.717, 1.165) is 36.6 Å². The van der Waals surface area contributed by atoms with Crippen molar-refractivity contribution in [3.63, 3.8) is 0 Å². The third-order valence-corrected chi connectivity index (χ3v) is 5.15. The molecule has 140 valence electrons. The van der Waals surface area contributed by atoms with Crippen molar-refractivity contribution >= 4 is 5.91 Å². The molecule has 1 aliphatic rings. The average Bonchev–Trinajstić information content (AvgIpc) is 3.11. The number of fused-ring (bicyclic) bond motifs is 1. The van der Waals surface area contributed by atoms with Crippen LogP contribution >= 0.6 is 0 Å². The van der Waals surface area contributed by atoms with Gasteiger partial charge < -0.3 is 9.47 Å². The molecule has 2 unspecified atom stereocenters. The normalized spacial score (nSPS) is 16.0. The maximum atomic E-state index is 13.1. The Balaban J connectivity index is 1.85. The monoisotopic (exact) mass is 355 g/mol. The van der Waals surface area contributed by atoms with Crippen LogP contribution in [-0.4, -0.2) is 38.7 Å². The van der Waals surface area contributed by atoms with Gasteiger partial charge in [-0.05, 0) is 39.2 Å². The zero-order chi connectivity index (χ0) is 18.5. The van der Waals surface area contributed by atoms with Crippen molar-refractivity contribution in [2.24, 2.45) is 0 Å². The molecule has 1 aromatic carbocycles. The topological polar surface area (TPSA) is 63.1 Å². The number of rotatable bonds is 7. The van der Waals surface area contributed by atoms with E-state index in [-0.39, 0.29) is 18.0 Å². The standard InChI is InChI=1S/C20H29N5O/c1-4-24(5-2)20(26)18(16-11-7-6-8-12-16)21-15(3)19-23-22-17-13-9-10-14-25(17)19/h6-8,11-12,15,18,21H,4-5,9-10,13-14H2,1-3H3. The van der Waals surface area contributed by atoms with Crippen molar-refractivity contribution in [1.29, 1.82) is 0 Å². The number of aryl methyl sites for hydroxylation is 1. The molecule has 1 N–H and O–H groups in total. The van der Waals surface area contributed by atoms with Gasteiger partial charge in [0.1, 0.15) is 17.7 Å². The predicted molar refractivity (Wildman–Crippen MR) is 102 cm³/mol. The molecular formula is C20H29N5O. The Labute approximate surface area is 155 Å². The van der Waals surface area contributed by atoms with E-state index in [2.05, 4.69) is 27.0 Å². The van der Waals surface area contributed by atoms with Crippen LogP contribution in [0.1, 0.15) is 62.9 Å². The first-order valence-corrected chi connectivity index (χ1v) is 9.67. The first-order chi connectivity index (χ1) is 12.7. The van der Waals surface area contributed by atoms with Gasteiger partial charge in [-0.15, -0.1) is 10.2 Å². The van der Waals surface area contributed by atoms with Crippen LogP contribution in [0, 0.1) is 0 Å². The summed E-state index contributed by atoms with van der Waals surface area (Å²) in [6.07, 6.45) is 3.32. The molecule has 0 aliphatic carbocycles. The highest BCUT2D eigenvalue weighted by Crippen LogP contribution is 2.23. The Morgan fingerprint density at radius 2 is 1.92 bits per heavy atom. The van der Waals surface area contributed by atoms with Crippen molar-refractivity contribution < 1.29 is 4.79 Å². The van der Waals surface area contributed by atoms with Crippen LogP contribution in [-0.2, 0) is 17.8 Å². The van der Waals surface area contributed by atoms with E-state index in [9.17, 15) is 4.79 Å². The third-order valence-electron chi connectivity index (χ3n) is 5.15. The second kappa shape index (κ2) is 8.45. The molecule has 3 rings (SSSR count). The molecule has 0 saturated heterocycles. The molecule has 2 heterocycles. The molecule has 1 amide bonds. The summed E-state index contributed by atoms with van der Waals surface area (Å²) in [6.45, 7) is 8.47. The van der Waals surface area contributed by atoms with E-state index >= 15 is 0 Å². The molecule has 0 radical (unpaired) electrons. The lowest BCUT2D eigenvalue weighted by molar-refractivity contribution is -0.133. The molecule has 6 heteroatoms. The number of amides is 1. The summed E-state index contributed by atoms with van der Waals surface area (Å²) in [6, 6.07) is 9.49. The zero-order valence-corrected chi connectivity index (χ0v) is 16.0. The lowest BCUT2D eigenvalue weighted by Crippen LogP contribution is -2.42. The van der Waals surface area contributed by atoms with E-state index in [1.54, 1.807) is 0 Å². The van der Waals surface area contributed by atoms with Gasteiger partial charge >= 0.3 is 0 Å². The van der Waals surface area contributed by atoms with Crippen LogP contribution in [0.3, 0.4) is 0 Å². The Bertz CT molecular complexity index is 723. The van der Waals surface area contributed by atoms with E-state index in [1.165, 1.54) is 6.42 Å². The number of nitrogens with zero attached hydrogens (tertiary/aromatic N) is 4. The van der Waals surface area contributed by atoms with Crippen molar-refractivity contribution in [1.82, 2.24) is 25.0 Å². The fourth-order valence-corrected chi connectivity index (χ4v) is 3.65. The minimum Gasteiger partial charge on any atom is -0.342 e.